The van der Waals surface area contributed by atoms with Crippen LogP contribution in [0.4, 0.5) is 0 Å². The summed E-state index contributed by atoms with van der Waals surface area (Å²) >= 11 is 0. The predicted molar refractivity (Wildman–Crippen MR) is 90.7 cm³/mol. The highest BCUT2D eigenvalue weighted by Gasteiger charge is 2.36. The topological polar surface area (TPSA) is 66.3 Å². The summed E-state index contributed by atoms with van der Waals surface area (Å²) in [5, 5.41) is 11.7. The molecule has 0 bridgehead atoms. The summed E-state index contributed by atoms with van der Waals surface area (Å²) in [6.45, 7) is 7.08. The number of aromatic nitrogens is 3. The SMILES string of the molecule is O=C(c1cn(C[C@@H]2CCCNC2)nn1)N1CC(N2CCCCC2)C1. The van der Waals surface area contributed by atoms with E-state index in [1.54, 1.807) is 0 Å². The molecule has 1 amide bonds. The molecule has 0 radical (unpaired) electrons. The Kier molecular flexibility index (Phi) is 4.80. The summed E-state index contributed by atoms with van der Waals surface area (Å²) < 4.78 is 1.84. The second kappa shape index (κ2) is 7.19. The third-order valence-electron chi connectivity index (χ3n) is 5.66. The molecule has 3 fully saturated rings. The van der Waals surface area contributed by atoms with Crippen LogP contribution >= 0.6 is 0 Å². The smallest absolute Gasteiger partial charge is 0.276 e. The number of likely N-dealkylation sites (tertiary alicyclic amines) is 2. The third kappa shape index (κ3) is 3.47. The molecular weight excluding hydrogens is 304 g/mol. The number of hydrogen-bond acceptors (Lipinski definition) is 5. The molecule has 0 saturated carbocycles. The number of piperidine rings is 2. The van der Waals surface area contributed by atoms with E-state index in [0.29, 0.717) is 17.7 Å². The van der Waals surface area contributed by atoms with Gasteiger partial charge < -0.3 is 10.2 Å². The molecule has 24 heavy (non-hydrogen) atoms. The Labute approximate surface area is 143 Å². The molecule has 0 aliphatic carbocycles. The van der Waals surface area contributed by atoms with Crippen LogP contribution in [0.3, 0.4) is 0 Å². The van der Waals surface area contributed by atoms with Gasteiger partial charge in [0, 0.05) is 25.7 Å². The van der Waals surface area contributed by atoms with E-state index in [0.717, 1.165) is 32.7 Å². The van der Waals surface area contributed by atoms with Crippen molar-refractivity contribution in [3.8, 4) is 0 Å². The monoisotopic (exact) mass is 332 g/mol. The molecule has 7 heteroatoms. The van der Waals surface area contributed by atoms with Crippen LogP contribution in [0.1, 0.15) is 42.6 Å². The van der Waals surface area contributed by atoms with Crippen molar-refractivity contribution in [2.24, 2.45) is 5.92 Å². The summed E-state index contributed by atoms with van der Waals surface area (Å²) in [7, 11) is 0. The minimum Gasteiger partial charge on any atom is -0.334 e. The molecule has 4 heterocycles. The van der Waals surface area contributed by atoms with Gasteiger partial charge >= 0.3 is 0 Å². The van der Waals surface area contributed by atoms with E-state index in [1.807, 2.05) is 15.8 Å². The molecule has 3 saturated heterocycles. The summed E-state index contributed by atoms with van der Waals surface area (Å²) in [6.07, 6.45) is 8.22. The van der Waals surface area contributed by atoms with Gasteiger partial charge in [0.2, 0.25) is 0 Å². The molecule has 1 aromatic rings. The van der Waals surface area contributed by atoms with Crippen LogP contribution in [0.2, 0.25) is 0 Å². The van der Waals surface area contributed by atoms with E-state index in [9.17, 15) is 4.79 Å². The molecule has 0 unspecified atom stereocenters. The molecule has 1 atom stereocenters. The van der Waals surface area contributed by atoms with Crippen LogP contribution in [0.15, 0.2) is 6.20 Å². The van der Waals surface area contributed by atoms with Crippen molar-refractivity contribution in [3.05, 3.63) is 11.9 Å². The van der Waals surface area contributed by atoms with Gasteiger partial charge in [-0.25, -0.2) is 0 Å². The van der Waals surface area contributed by atoms with Crippen molar-refractivity contribution < 1.29 is 4.79 Å². The zero-order chi connectivity index (χ0) is 16.4. The highest BCUT2D eigenvalue weighted by atomic mass is 16.2. The Morgan fingerprint density at radius 3 is 2.79 bits per heavy atom. The molecule has 0 spiro atoms. The largest absolute Gasteiger partial charge is 0.334 e. The highest BCUT2D eigenvalue weighted by Crippen LogP contribution is 2.21. The molecule has 7 nitrogen and oxygen atoms in total. The summed E-state index contributed by atoms with van der Waals surface area (Å²) in [5.41, 5.74) is 0.496. The summed E-state index contributed by atoms with van der Waals surface area (Å²) in [4.78, 5) is 17.0. The Bertz CT molecular complexity index is 555. The van der Waals surface area contributed by atoms with E-state index in [2.05, 4.69) is 20.5 Å². The molecule has 3 aliphatic rings. The van der Waals surface area contributed by atoms with Crippen molar-refractivity contribution >= 4 is 5.91 Å². The quantitative estimate of drug-likeness (QED) is 0.874. The average Bonchev–Trinajstić information content (AvgIpc) is 3.04. The van der Waals surface area contributed by atoms with E-state index in [1.165, 1.54) is 45.2 Å². The number of rotatable bonds is 4. The van der Waals surface area contributed by atoms with Crippen LogP contribution in [-0.2, 0) is 6.54 Å². The predicted octanol–water partition coefficient (Wildman–Crippen LogP) is 0.588. The van der Waals surface area contributed by atoms with Gasteiger partial charge in [-0.15, -0.1) is 5.10 Å². The second-order valence-corrected chi connectivity index (χ2v) is 7.50. The maximum absolute atomic E-state index is 12.5. The first-order valence-electron chi connectivity index (χ1n) is 9.44. The lowest BCUT2D eigenvalue weighted by atomic mass is 10.00. The lowest BCUT2D eigenvalue weighted by Gasteiger charge is -2.46. The van der Waals surface area contributed by atoms with Gasteiger partial charge in [-0.2, -0.15) is 0 Å². The van der Waals surface area contributed by atoms with Crippen LogP contribution in [0, 0.1) is 5.92 Å². The van der Waals surface area contributed by atoms with Crippen LogP contribution < -0.4 is 5.32 Å². The Hall–Kier alpha value is -1.47. The molecule has 0 aromatic carbocycles. The van der Waals surface area contributed by atoms with Gasteiger partial charge in [0.05, 0.1) is 6.20 Å². The Morgan fingerprint density at radius 2 is 2.04 bits per heavy atom. The molecular formula is C17H28N6O. The molecule has 4 rings (SSSR count). The zero-order valence-corrected chi connectivity index (χ0v) is 14.4. The number of hydrogen-bond donors (Lipinski definition) is 1. The second-order valence-electron chi connectivity index (χ2n) is 7.50. The van der Waals surface area contributed by atoms with Gasteiger partial charge in [-0.05, 0) is 57.8 Å². The van der Waals surface area contributed by atoms with Crippen molar-refractivity contribution in [1.82, 2.24) is 30.1 Å². The molecule has 1 N–H and O–H groups in total. The minimum atomic E-state index is 0.0382. The van der Waals surface area contributed by atoms with Gasteiger partial charge in [0.15, 0.2) is 5.69 Å². The fraction of sp³-hybridized carbons (Fsp3) is 0.824. The molecule has 1 aromatic heterocycles. The first-order chi connectivity index (χ1) is 11.8. The average molecular weight is 332 g/mol. The van der Waals surface area contributed by atoms with Crippen LogP contribution in [-0.4, -0.2) is 76.0 Å². The lowest BCUT2D eigenvalue weighted by Crippen LogP contribution is -2.61. The maximum atomic E-state index is 12.5. The van der Waals surface area contributed by atoms with E-state index >= 15 is 0 Å². The van der Waals surface area contributed by atoms with Gasteiger partial charge in [-0.1, -0.05) is 11.6 Å². The fourth-order valence-corrected chi connectivity index (χ4v) is 4.13. The minimum absolute atomic E-state index is 0.0382. The number of nitrogens with zero attached hydrogens (tertiary/aromatic N) is 5. The zero-order valence-electron chi connectivity index (χ0n) is 14.4. The van der Waals surface area contributed by atoms with Gasteiger partial charge in [0.25, 0.3) is 5.91 Å². The van der Waals surface area contributed by atoms with E-state index < -0.39 is 0 Å². The van der Waals surface area contributed by atoms with Crippen molar-refractivity contribution in [2.45, 2.75) is 44.7 Å². The first kappa shape index (κ1) is 16.0. The Balaban J connectivity index is 1.28. The lowest BCUT2D eigenvalue weighted by molar-refractivity contribution is 0.0199. The summed E-state index contributed by atoms with van der Waals surface area (Å²) in [5.74, 6) is 0.632. The van der Waals surface area contributed by atoms with Gasteiger partial charge in [0.1, 0.15) is 0 Å². The number of carbonyl (C=O) groups excluding carboxylic acids is 1. The third-order valence-corrected chi connectivity index (χ3v) is 5.66. The Morgan fingerprint density at radius 1 is 1.21 bits per heavy atom. The van der Waals surface area contributed by atoms with E-state index in [-0.39, 0.29) is 5.91 Å². The van der Waals surface area contributed by atoms with Crippen molar-refractivity contribution in [3.63, 3.8) is 0 Å². The standard InChI is InChI=1S/C17H28N6O/c24-17(22-11-15(12-22)21-7-2-1-3-8-21)16-13-23(20-19-16)10-14-5-4-6-18-9-14/h13-15,18H,1-12H2/t14-/m1/s1. The number of nitrogens with one attached hydrogen (secondary N) is 1. The maximum Gasteiger partial charge on any atom is 0.276 e. The number of amides is 1. The molecule has 3 aliphatic heterocycles. The van der Waals surface area contributed by atoms with Crippen LogP contribution in [0.5, 0.6) is 0 Å². The summed E-state index contributed by atoms with van der Waals surface area (Å²) in [6, 6.07) is 0.553. The highest BCUT2D eigenvalue weighted by molar-refractivity contribution is 5.92. The van der Waals surface area contributed by atoms with E-state index in [4.69, 9.17) is 0 Å². The van der Waals surface area contributed by atoms with Crippen LogP contribution in [0.25, 0.3) is 0 Å². The molecule has 132 valence electrons. The van der Waals surface area contributed by atoms with Crippen molar-refractivity contribution in [2.75, 3.05) is 39.3 Å². The van der Waals surface area contributed by atoms with Gasteiger partial charge in [-0.3, -0.25) is 14.4 Å². The fourth-order valence-electron chi connectivity index (χ4n) is 4.13. The van der Waals surface area contributed by atoms with Crippen molar-refractivity contribution in [1.29, 1.82) is 0 Å². The first-order valence-corrected chi connectivity index (χ1v) is 9.44. The number of carbonyl (C=O) groups is 1. The normalized spacial score (nSPS) is 26.3.